The molecule has 1 aromatic heterocycles. The van der Waals surface area contributed by atoms with Crippen LogP contribution in [0.1, 0.15) is 16.2 Å². The number of nitrogens with one attached hydrogen (secondary N) is 1. The Kier molecular flexibility index (Phi) is 3.56. The number of hydrogen-bond donors (Lipinski definition) is 1. The van der Waals surface area contributed by atoms with Crippen molar-refractivity contribution >= 4 is 5.97 Å². The molecule has 0 amide bonds. The normalized spacial score (nSPS) is 10.4. The van der Waals surface area contributed by atoms with E-state index >= 15 is 0 Å². The number of aromatic nitrogens is 2. The molecule has 82 valence electrons. The number of esters is 1. The molecule has 1 aromatic rings. The van der Waals surface area contributed by atoms with Gasteiger partial charge in [0.05, 0.1) is 13.7 Å². The SMILES string of the molecule is COC(=O)c1cnc(CN(C)C)[nH]c1=O. The van der Waals surface area contributed by atoms with Gasteiger partial charge < -0.3 is 14.6 Å². The number of rotatable bonds is 3. The molecular weight excluding hydrogens is 198 g/mol. The Labute approximate surface area is 86.9 Å². The molecule has 6 nitrogen and oxygen atoms in total. The number of carbonyl (C=O) groups excluding carboxylic acids is 1. The van der Waals surface area contributed by atoms with Gasteiger partial charge in [-0.25, -0.2) is 9.78 Å². The van der Waals surface area contributed by atoms with Crippen LogP contribution in [0.2, 0.25) is 0 Å². The van der Waals surface area contributed by atoms with Crippen molar-refractivity contribution in [2.75, 3.05) is 21.2 Å². The summed E-state index contributed by atoms with van der Waals surface area (Å²) < 4.78 is 4.43. The lowest BCUT2D eigenvalue weighted by molar-refractivity contribution is 0.0598. The fourth-order valence-electron chi connectivity index (χ4n) is 1.07. The number of hydrogen-bond acceptors (Lipinski definition) is 5. The number of carbonyl (C=O) groups is 1. The van der Waals surface area contributed by atoms with Crippen molar-refractivity contribution in [1.82, 2.24) is 14.9 Å². The van der Waals surface area contributed by atoms with Crippen molar-refractivity contribution < 1.29 is 9.53 Å². The van der Waals surface area contributed by atoms with Crippen molar-refractivity contribution in [3.8, 4) is 0 Å². The maximum atomic E-state index is 11.4. The highest BCUT2D eigenvalue weighted by Crippen LogP contribution is 1.94. The van der Waals surface area contributed by atoms with E-state index in [-0.39, 0.29) is 5.56 Å². The smallest absolute Gasteiger partial charge is 0.345 e. The Morgan fingerprint density at radius 3 is 2.73 bits per heavy atom. The van der Waals surface area contributed by atoms with Gasteiger partial charge in [0.25, 0.3) is 5.56 Å². The maximum Gasteiger partial charge on any atom is 0.345 e. The Morgan fingerprint density at radius 1 is 1.60 bits per heavy atom. The van der Waals surface area contributed by atoms with Crippen molar-refractivity contribution in [2.24, 2.45) is 0 Å². The summed E-state index contributed by atoms with van der Waals surface area (Å²) in [5.74, 6) is -0.169. The van der Waals surface area contributed by atoms with Crippen LogP contribution in [0.15, 0.2) is 11.0 Å². The molecule has 6 heteroatoms. The van der Waals surface area contributed by atoms with Gasteiger partial charge in [0.2, 0.25) is 0 Å². The monoisotopic (exact) mass is 211 g/mol. The van der Waals surface area contributed by atoms with Gasteiger partial charge in [-0.2, -0.15) is 0 Å². The van der Waals surface area contributed by atoms with Crippen LogP contribution in [0.5, 0.6) is 0 Å². The van der Waals surface area contributed by atoms with E-state index in [0.29, 0.717) is 12.4 Å². The van der Waals surface area contributed by atoms with Gasteiger partial charge in [0.1, 0.15) is 11.4 Å². The molecule has 0 aliphatic carbocycles. The first-order chi connectivity index (χ1) is 7.04. The number of nitrogens with zero attached hydrogens (tertiary/aromatic N) is 2. The molecule has 15 heavy (non-hydrogen) atoms. The average Bonchev–Trinajstić information content (AvgIpc) is 2.16. The van der Waals surface area contributed by atoms with E-state index in [1.54, 1.807) is 0 Å². The van der Waals surface area contributed by atoms with Crippen LogP contribution >= 0.6 is 0 Å². The summed E-state index contributed by atoms with van der Waals surface area (Å²) in [6, 6.07) is 0. The third-order valence-corrected chi connectivity index (χ3v) is 1.72. The lowest BCUT2D eigenvalue weighted by Crippen LogP contribution is -2.23. The minimum Gasteiger partial charge on any atom is -0.465 e. The van der Waals surface area contributed by atoms with Crippen molar-refractivity contribution in [2.45, 2.75) is 6.54 Å². The van der Waals surface area contributed by atoms with Gasteiger partial charge in [-0.3, -0.25) is 4.79 Å². The highest BCUT2D eigenvalue weighted by atomic mass is 16.5. The fourth-order valence-corrected chi connectivity index (χ4v) is 1.07. The summed E-state index contributed by atoms with van der Waals surface area (Å²) in [7, 11) is 4.93. The number of methoxy groups -OCH3 is 1. The summed E-state index contributed by atoms with van der Waals surface area (Å²) in [4.78, 5) is 30.8. The third-order valence-electron chi connectivity index (χ3n) is 1.72. The standard InChI is InChI=1S/C9H13N3O3/c1-12(2)5-7-10-4-6(8(13)11-7)9(14)15-3/h4H,5H2,1-3H3,(H,10,11,13). The van der Waals surface area contributed by atoms with E-state index in [1.807, 2.05) is 19.0 Å². The zero-order valence-corrected chi connectivity index (χ0v) is 8.90. The molecule has 0 fully saturated rings. The minimum atomic E-state index is -0.680. The van der Waals surface area contributed by atoms with Crippen LogP contribution in [0.3, 0.4) is 0 Å². The number of aromatic amines is 1. The van der Waals surface area contributed by atoms with Crippen LogP contribution in [0.4, 0.5) is 0 Å². The first kappa shape index (κ1) is 11.4. The Balaban J connectivity index is 2.98. The Hall–Kier alpha value is -1.69. The van der Waals surface area contributed by atoms with E-state index < -0.39 is 11.5 Å². The highest BCUT2D eigenvalue weighted by Gasteiger charge is 2.11. The second-order valence-electron chi connectivity index (χ2n) is 3.30. The molecule has 0 saturated heterocycles. The molecule has 0 spiro atoms. The van der Waals surface area contributed by atoms with Crippen LogP contribution in [0.25, 0.3) is 0 Å². The zero-order chi connectivity index (χ0) is 11.4. The van der Waals surface area contributed by atoms with Gasteiger partial charge in [0, 0.05) is 6.20 Å². The van der Waals surface area contributed by atoms with Gasteiger partial charge in [-0.05, 0) is 14.1 Å². The lowest BCUT2D eigenvalue weighted by atomic mass is 10.3. The second-order valence-corrected chi connectivity index (χ2v) is 3.30. The predicted octanol–water partition coefficient (Wildman–Crippen LogP) is -0.382. The van der Waals surface area contributed by atoms with E-state index in [1.165, 1.54) is 13.3 Å². The fraction of sp³-hybridized carbons (Fsp3) is 0.444. The molecule has 0 atom stereocenters. The average molecular weight is 211 g/mol. The lowest BCUT2D eigenvalue weighted by Gasteiger charge is -2.08. The summed E-state index contributed by atoms with van der Waals surface area (Å²) in [6.07, 6.45) is 1.23. The van der Waals surface area contributed by atoms with Gasteiger partial charge in [-0.1, -0.05) is 0 Å². The van der Waals surface area contributed by atoms with E-state index in [0.717, 1.165) is 0 Å². The summed E-state index contributed by atoms with van der Waals surface area (Å²) in [6.45, 7) is 0.511. The molecule has 0 radical (unpaired) electrons. The maximum absolute atomic E-state index is 11.4. The van der Waals surface area contributed by atoms with Gasteiger partial charge in [-0.15, -0.1) is 0 Å². The van der Waals surface area contributed by atoms with E-state index in [2.05, 4.69) is 14.7 Å². The molecule has 0 aromatic carbocycles. The second kappa shape index (κ2) is 4.70. The molecule has 1 rings (SSSR count). The summed E-state index contributed by atoms with van der Waals surface area (Å²) in [5.41, 5.74) is -0.561. The Bertz CT molecular complexity index is 411. The molecule has 0 saturated carbocycles. The molecule has 0 unspecified atom stereocenters. The molecule has 0 aliphatic rings. The van der Waals surface area contributed by atoms with Crippen LogP contribution in [-0.2, 0) is 11.3 Å². The van der Waals surface area contributed by atoms with Crippen LogP contribution in [-0.4, -0.2) is 42.0 Å². The highest BCUT2D eigenvalue weighted by molar-refractivity contribution is 5.88. The molecule has 1 heterocycles. The number of H-pyrrole nitrogens is 1. The first-order valence-electron chi connectivity index (χ1n) is 4.36. The van der Waals surface area contributed by atoms with Crippen LogP contribution in [0, 0.1) is 0 Å². The molecule has 1 N–H and O–H groups in total. The molecular formula is C9H13N3O3. The van der Waals surface area contributed by atoms with E-state index in [4.69, 9.17) is 0 Å². The van der Waals surface area contributed by atoms with Crippen LogP contribution < -0.4 is 5.56 Å². The summed E-state index contributed by atoms with van der Waals surface area (Å²) in [5, 5.41) is 0. The third kappa shape index (κ3) is 2.88. The van der Waals surface area contributed by atoms with Crippen molar-refractivity contribution in [3.63, 3.8) is 0 Å². The topological polar surface area (TPSA) is 75.3 Å². The predicted molar refractivity (Wildman–Crippen MR) is 53.6 cm³/mol. The van der Waals surface area contributed by atoms with E-state index in [9.17, 15) is 9.59 Å². The molecule has 0 aliphatic heterocycles. The van der Waals surface area contributed by atoms with Gasteiger partial charge >= 0.3 is 5.97 Å². The quantitative estimate of drug-likeness (QED) is 0.690. The minimum absolute atomic E-state index is 0.0833. The van der Waals surface area contributed by atoms with Gasteiger partial charge in [0.15, 0.2) is 0 Å². The number of ether oxygens (including phenoxy) is 1. The van der Waals surface area contributed by atoms with Crippen molar-refractivity contribution in [1.29, 1.82) is 0 Å². The largest absolute Gasteiger partial charge is 0.465 e. The molecule has 0 bridgehead atoms. The summed E-state index contributed by atoms with van der Waals surface area (Å²) >= 11 is 0. The first-order valence-corrected chi connectivity index (χ1v) is 4.36. The van der Waals surface area contributed by atoms with Crippen molar-refractivity contribution in [3.05, 3.63) is 27.9 Å². The zero-order valence-electron chi connectivity index (χ0n) is 8.90. The Morgan fingerprint density at radius 2 is 2.27 bits per heavy atom.